The van der Waals surface area contributed by atoms with Gasteiger partial charge in [-0.2, -0.15) is 18.3 Å². The summed E-state index contributed by atoms with van der Waals surface area (Å²) in [6.45, 7) is 3.47. The second-order valence-corrected chi connectivity index (χ2v) is 6.35. The molecule has 0 spiro atoms. The quantitative estimate of drug-likeness (QED) is 0.835. The molecule has 1 unspecified atom stereocenters. The van der Waals surface area contributed by atoms with Crippen LogP contribution in [0.3, 0.4) is 0 Å². The zero-order valence-electron chi connectivity index (χ0n) is 13.1. The van der Waals surface area contributed by atoms with E-state index < -0.39 is 12.1 Å². The van der Waals surface area contributed by atoms with Crippen LogP contribution in [0.4, 0.5) is 13.2 Å². The Morgan fingerprint density at radius 3 is 2.58 bits per heavy atom. The summed E-state index contributed by atoms with van der Waals surface area (Å²) < 4.78 is 33.6. The fourth-order valence-corrected chi connectivity index (χ4v) is 2.90. The van der Waals surface area contributed by atoms with Gasteiger partial charge in [0.1, 0.15) is 0 Å². The second kappa shape index (κ2) is 8.88. The topological polar surface area (TPSA) is 84.2 Å². The minimum atomic E-state index is -5.08. The number of hydrogen-bond acceptors (Lipinski definition) is 5. The van der Waals surface area contributed by atoms with Gasteiger partial charge < -0.3 is 10.4 Å². The van der Waals surface area contributed by atoms with Crippen LogP contribution in [-0.4, -0.2) is 50.5 Å². The highest BCUT2D eigenvalue weighted by atomic mass is 32.2. The smallest absolute Gasteiger partial charge is 0.475 e. The van der Waals surface area contributed by atoms with Crippen LogP contribution < -0.4 is 5.32 Å². The first-order valence-corrected chi connectivity index (χ1v) is 7.85. The summed E-state index contributed by atoms with van der Waals surface area (Å²) in [7, 11) is 1.93. The van der Waals surface area contributed by atoms with Crippen LogP contribution in [-0.2, 0) is 16.6 Å². The average molecular weight is 365 g/mol. The first-order chi connectivity index (χ1) is 11.1. The molecule has 1 aliphatic heterocycles. The van der Waals surface area contributed by atoms with Gasteiger partial charge in [0.25, 0.3) is 0 Å². The molecule has 0 amide bonds. The van der Waals surface area contributed by atoms with Crippen LogP contribution in [0, 0.1) is 0 Å². The number of nitrogens with one attached hydrogen (secondary N) is 1. The van der Waals surface area contributed by atoms with Gasteiger partial charge >= 0.3 is 12.1 Å². The van der Waals surface area contributed by atoms with E-state index in [0.717, 1.165) is 25.2 Å². The Bertz CT molecular complexity index is 614. The molecular formula is C14H18F3N3O3S. The fraction of sp³-hybridized carbons (Fsp3) is 0.500. The summed E-state index contributed by atoms with van der Waals surface area (Å²) in [4.78, 5) is 20.1. The second-order valence-electron chi connectivity index (χ2n) is 4.97. The van der Waals surface area contributed by atoms with Crippen LogP contribution >= 0.6 is 11.8 Å². The van der Waals surface area contributed by atoms with E-state index in [4.69, 9.17) is 9.90 Å². The molecular weight excluding hydrogens is 347 g/mol. The average Bonchev–Trinajstić information content (AvgIpc) is 2.85. The SMILES string of the molecule is CC(=O)SC1CCNC/C1=C\c1ccnn1C.O=C(O)C(F)(F)F. The number of carbonyl (C=O) groups excluding carboxylic acids is 1. The largest absolute Gasteiger partial charge is 0.490 e. The predicted molar refractivity (Wildman–Crippen MR) is 84.4 cm³/mol. The number of aliphatic carboxylic acids is 1. The number of carbonyl (C=O) groups is 2. The number of carboxylic acids is 1. The van der Waals surface area contributed by atoms with Gasteiger partial charge in [0.2, 0.25) is 0 Å². The minimum Gasteiger partial charge on any atom is -0.475 e. The highest BCUT2D eigenvalue weighted by Crippen LogP contribution is 2.26. The van der Waals surface area contributed by atoms with Crippen molar-refractivity contribution in [2.75, 3.05) is 13.1 Å². The molecule has 2 rings (SSSR count). The van der Waals surface area contributed by atoms with Gasteiger partial charge in [0, 0.05) is 32.0 Å². The van der Waals surface area contributed by atoms with E-state index >= 15 is 0 Å². The molecule has 2 heterocycles. The molecule has 0 bridgehead atoms. The Balaban J connectivity index is 0.000000351. The van der Waals surface area contributed by atoms with Crippen molar-refractivity contribution < 1.29 is 27.9 Å². The zero-order valence-corrected chi connectivity index (χ0v) is 13.9. The summed E-state index contributed by atoms with van der Waals surface area (Å²) in [6.07, 6.45) is -0.149. The van der Waals surface area contributed by atoms with Gasteiger partial charge in [-0.1, -0.05) is 11.8 Å². The highest BCUT2D eigenvalue weighted by Gasteiger charge is 2.38. The van der Waals surface area contributed by atoms with Crippen LogP contribution in [0.2, 0.25) is 0 Å². The van der Waals surface area contributed by atoms with Gasteiger partial charge in [-0.05, 0) is 30.7 Å². The molecule has 0 saturated carbocycles. The number of thioether (sulfide) groups is 1. The van der Waals surface area contributed by atoms with E-state index in [1.165, 1.54) is 17.3 Å². The summed E-state index contributed by atoms with van der Waals surface area (Å²) in [5, 5.41) is 15.1. The lowest BCUT2D eigenvalue weighted by atomic mass is 10.0. The molecule has 134 valence electrons. The van der Waals surface area contributed by atoms with Crippen LogP contribution in [0.5, 0.6) is 0 Å². The van der Waals surface area contributed by atoms with Crippen molar-refractivity contribution in [2.45, 2.75) is 24.8 Å². The van der Waals surface area contributed by atoms with Crippen molar-refractivity contribution in [2.24, 2.45) is 7.05 Å². The third-order valence-electron chi connectivity index (χ3n) is 3.07. The van der Waals surface area contributed by atoms with Gasteiger partial charge in [-0.15, -0.1) is 0 Å². The molecule has 1 aliphatic rings. The molecule has 24 heavy (non-hydrogen) atoms. The van der Waals surface area contributed by atoms with Crippen molar-refractivity contribution in [3.8, 4) is 0 Å². The lowest BCUT2D eigenvalue weighted by Crippen LogP contribution is -2.32. The third-order valence-corrected chi connectivity index (χ3v) is 4.22. The number of carboxylic acid groups (broad SMARTS) is 1. The lowest BCUT2D eigenvalue weighted by Gasteiger charge is -2.24. The molecule has 0 aliphatic carbocycles. The highest BCUT2D eigenvalue weighted by molar-refractivity contribution is 8.14. The van der Waals surface area contributed by atoms with Crippen molar-refractivity contribution >= 4 is 28.9 Å². The van der Waals surface area contributed by atoms with Gasteiger partial charge in [0.15, 0.2) is 5.12 Å². The molecule has 1 aromatic heterocycles. The predicted octanol–water partition coefficient (Wildman–Crippen LogP) is 2.08. The fourth-order valence-electron chi connectivity index (χ4n) is 1.96. The van der Waals surface area contributed by atoms with Crippen molar-refractivity contribution in [3.63, 3.8) is 0 Å². The summed E-state index contributed by atoms with van der Waals surface area (Å²) >= 11 is 1.43. The Kier molecular flexibility index (Phi) is 7.49. The molecule has 6 nitrogen and oxygen atoms in total. The molecule has 0 aromatic carbocycles. The minimum absolute atomic E-state index is 0.188. The number of hydrogen-bond donors (Lipinski definition) is 2. The summed E-state index contributed by atoms with van der Waals surface area (Å²) in [5.41, 5.74) is 2.36. The van der Waals surface area contributed by atoms with E-state index in [2.05, 4.69) is 16.5 Å². The van der Waals surface area contributed by atoms with Crippen LogP contribution in [0.1, 0.15) is 19.0 Å². The Morgan fingerprint density at radius 1 is 1.50 bits per heavy atom. The first kappa shape index (κ1) is 20.2. The monoisotopic (exact) mass is 365 g/mol. The number of aryl methyl sites for hydroxylation is 1. The van der Waals surface area contributed by atoms with E-state index in [0.29, 0.717) is 5.25 Å². The van der Waals surface area contributed by atoms with Crippen molar-refractivity contribution in [1.29, 1.82) is 0 Å². The maximum atomic E-state index is 11.2. The van der Waals surface area contributed by atoms with Crippen LogP contribution in [0.25, 0.3) is 6.08 Å². The number of piperidine rings is 1. The first-order valence-electron chi connectivity index (χ1n) is 6.97. The van der Waals surface area contributed by atoms with Crippen LogP contribution in [0.15, 0.2) is 17.8 Å². The van der Waals surface area contributed by atoms with Crippen molar-refractivity contribution in [3.05, 3.63) is 23.5 Å². The van der Waals surface area contributed by atoms with E-state index in [1.807, 2.05) is 17.8 Å². The normalized spacial score (nSPS) is 19.5. The Hall–Kier alpha value is -1.81. The summed E-state index contributed by atoms with van der Waals surface area (Å²) in [6, 6.07) is 1.98. The van der Waals surface area contributed by atoms with E-state index in [1.54, 1.807) is 13.1 Å². The third kappa shape index (κ3) is 6.75. The maximum Gasteiger partial charge on any atom is 0.490 e. The molecule has 1 atom stereocenters. The molecule has 2 N–H and O–H groups in total. The van der Waals surface area contributed by atoms with E-state index in [9.17, 15) is 18.0 Å². The van der Waals surface area contributed by atoms with Crippen molar-refractivity contribution in [1.82, 2.24) is 15.1 Å². The molecule has 10 heteroatoms. The molecule has 1 aromatic rings. The molecule has 0 radical (unpaired) electrons. The maximum absolute atomic E-state index is 11.2. The summed E-state index contributed by atoms with van der Waals surface area (Å²) in [5.74, 6) is -2.76. The van der Waals surface area contributed by atoms with Gasteiger partial charge in [0.05, 0.1) is 5.69 Å². The number of aromatic nitrogens is 2. The number of alkyl halides is 3. The Labute approximate surface area is 141 Å². The molecule has 1 saturated heterocycles. The zero-order chi connectivity index (χ0) is 18.3. The standard InChI is InChI=1S/C12H17N3OS.C2HF3O2/c1-9(16)17-12-4-5-13-8-10(12)7-11-3-6-14-15(11)2;3-2(4,5)1(6)7/h3,6-7,12-13H,4-5,8H2,1-2H3;(H,6,7)/b10-7+;. The Morgan fingerprint density at radius 2 is 2.12 bits per heavy atom. The lowest BCUT2D eigenvalue weighted by molar-refractivity contribution is -0.192. The van der Waals surface area contributed by atoms with Gasteiger partial charge in [-0.25, -0.2) is 4.79 Å². The number of halogens is 3. The number of nitrogens with zero attached hydrogens (tertiary/aromatic N) is 2. The van der Waals surface area contributed by atoms with E-state index in [-0.39, 0.29) is 5.12 Å². The number of rotatable bonds is 2. The molecule has 1 fully saturated rings. The van der Waals surface area contributed by atoms with Gasteiger partial charge in [-0.3, -0.25) is 9.48 Å².